The molecule has 0 unspecified atom stereocenters. The summed E-state index contributed by atoms with van der Waals surface area (Å²) in [5.74, 6) is -0.0655. The van der Waals surface area contributed by atoms with Crippen molar-refractivity contribution >= 4 is 23.2 Å². The molecule has 0 radical (unpaired) electrons. The first-order valence-electron chi connectivity index (χ1n) is 7.28. The quantitative estimate of drug-likeness (QED) is 0.630. The number of nitrogens with one attached hydrogen (secondary N) is 1. The number of benzene rings is 2. The lowest BCUT2D eigenvalue weighted by Crippen LogP contribution is -2.19. The SMILES string of the molecule is CC(=NNC(=O)CCCc1ccccc1)c1ccc(Cl)cc1. The Hall–Kier alpha value is -2.13. The lowest BCUT2D eigenvalue weighted by atomic mass is 10.1. The standard InChI is InChI=1S/C18H19ClN2O/c1-14(16-10-12-17(19)13-11-16)20-21-18(22)9-5-8-15-6-3-2-4-7-15/h2-4,6-7,10-13H,5,8-9H2,1H3,(H,21,22). The lowest BCUT2D eigenvalue weighted by molar-refractivity contribution is -0.121. The summed E-state index contributed by atoms with van der Waals surface area (Å²) >= 11 is 5.84. The van der Waals surface area contributed by atoms with Gasteiger partial charge in [0.2, 0.25) is 5.91 Å². The van der Waals surface area contributed by atoms with E-state index >= 15 is 0 Å². The Morgan fingerprint density at radius 3 is 2.45 bits per heavy atom. The van der Waals surface area contributed by atoms with E-state index in [4.69, 9.17) is 11.6 Å². The molecule has 0 atom stereocenters. The van der Waals surface area contributed by atoms with Crippen molar-refractivity contribution in [3.63, 3.8) is 0 Å². The number of hydrogen-bond acceptors (Lipinski definition) is 2. The molecule has 1 N–H and O–H groups in total. The zero-order valence-electron chi connectivity index (χ0n) is 12.6. The number of hydrogen-bond donors (Lipinski definition) is 1. The average molecular weight is 315 g/mol. The van der Waals surface area contributed by atoms with Crippen molar-refractivity contribution in [2.45, 2.75) is 26.2 Å². The third kappa shape index (κ3) is 5.34. The number of carbonyl (C=O) groups excluding carboxylic acids is 1. The molecule has 0 bridgehead atoms. The van der Waals surface area contributed by atoms with Gasteiger partial charge in [-0.25, -0.2) is 5.43 Å². The molecule has 2 rings (SSSR count). The van der Waals surface area contributed by atoms with Gasteiger partial charge in [0, 0.05) is 11.4 Å². The molecule has 22 heavy (non-hydrogen) atoms. The van der Waals surface area contributed by atoms with Crippen LogP contribution in [-0.4, -0.2) is 11.6 Å². The van der Waals surface area contributed by atoms with E-state index in [1.807, 2.05) is 37.3 Å². The number of nitrogens with zero attached hydrogens (tertiary/aromatic N) is 1. The van der Waals surface area contributed by atoms with Gasteiger partial charge in [-0.2, -0.15) is 5.10 Å². The molecule has 0 saturated heterocycles. The van der Waals surface area contributed by atoms with E-state index in [-0.39, 0.29) is 5.91 Å². The summed E-state index contributed by atoms with van der Waals surface area (Å²) in [5.41, 5.74) is 5.54. The number of hydrazone groups is 1. The molecule has 3 nitrogen and oxygen atoms in total. The van der Waals surface area contributed by atoms with Gasteiger partial charge < -0.3 is 0 Å². The van der Waals surface area contributed by atoms with Crippen molar-refractivity contribution in [3.8, 4) is 0 Å². The van der Waals surface area contributed by atoms with E-state index in [1.54, 1.807) is 12.1 Å². The highest BCUT2D eigenvalue weighted by Crippen LogP contribution is 2.10. The van der Waals surface area contributed by atoms with Crippen LogP contribution in [0.2, 0.25) is 5.02 Å². The van der Waals surface area contributed by atoms with Crippen LogP contribution in [0.4, 0.5) is 0 Å². The van der Waals surface area contributed by atoms with Gasteiger partial charge in [0.1, 0.15) is 0 Å². The van der Waals surface area contributed by atoms with Crippen LogP contribution < -0.4 is 5.43 Å². The van der Waals surface area contributed by atoms with Crippen LogP contribution in [0.25, 0.3) is 0 Å². The average Bonchev–Trinajstić information content (AvgIpc) is 2.54. The first-order chi connectivity index (χ1) is 10.6. The molecule has 114 valence electrons. The Morgan fingerprint density at radius 1 is 1.09 bits per heavy atom. The maximum atomic E-state index is 11.8. The second-order valence-corrected chi connectivity index (χ2v) is 5.51. The van der Waals surface area contributed by atoms with Gasteiger partial charge in [-0.05, 0) is 43.0 Å². The zero-order chi connectivity index (χ0) is 15.8. The first kappa shape index (κ1) is 16.2. The third-order valence-corrected chi connectivity index (χ3v) is 3.57. The fraction of sp³-hybridized carbons (Fsp3) is 0.222. The molecular weight excluding hydrogens is 296 g/mol. The predicted octanol–water partition coefficient (Wildman–Crippen LogP) is 4.20. The van der Waals surface area contributed by atoms with Crippen molar-refractivity contribution in [1.82, 2.24) is 5.43 Å². The number of halogens is 1. The molecule has 0 heterocycles. The third-order valence-electron chi connectivity index (χ3n) is 3.32. The number of rotatable bonds is 6. The van der Waals surface area contributed by atoms with Crippen molar-refractivity contribution in [2.75, 3.05) is 0 Å². The molecule has 2 aromatic carbocycles. The molecule has 1 amide bonds. The minimum atomic E-state index is -0.0655. The van der Waals surface area contributed by atoms with Crippen LogP contribution in [0.1, 0.15) is 30.9 Å². The summed E-state index contributed by atoms with van der Waals surface area (Å²) in [6.07, 6.45) is 2.17. The van der Waals surface area contributed by atoms with Crippen LogP contribution in [0.5, 0.6) is 0 Å². The summed E-state index contributed by atoms with van der Waals surface area (Å²) in [6.45, 7) is 1.85. The summed E-state index contributed by atoms with van der Waals surface area (Å²) < 4.78 is 0. The molecule has 0 spiro atoms. The second kappa shape index (κ2) is 8.35. The highest BCUT2D eigenvalue weighted by molar-refractivity contribution is 6.30. The van der Waals surface area contributed by atoms with Crippen LogP contribution in [0.3, 0.4) is 0 Å². The summed E-state index contributed by atoms with van der Waals surface area (Å²) in [4.78, 5) is 11.8. The van der Waals surface area contributed by atoms with Crippen molar-refractivity contribution in [1.29, 1.82) is 0 Å². The minimum absolute atomic E-state index is 0.0655. The Balaban J connectivity index is 1.77. The highest BCUT2D eigenvalue weighted by atomic mass is 35.5. The van der Waals surface area contributed by atoms with Gasteiger partial charge in [-0.15, -0.1) is 0 Å². The molecular formula is C18H19ClN2O. The molecule has 4 heteroatoms. The van der Waals surface area contributed by atoms with Crippen molar-refractivity contribution in [3.05, 3.63) is 70.7 Å². The fourth-order valence-corrected chi connectivity index (χ4v) is 2.18. The summed E-state index contributed by atoms with van der Waals surface area (Å²) in [7, 11) is 0. The van der Waals surface area contributed by atoms with Gasteiger partial charge in [0.15, 0.2) is 0 Å². The lowest BCUT2D eigenvalue weighted by Gasteiger charge is -2.04. The van der Waals surface area contributed by atoms with Crippen molar-refractivity contribution < 1.29 is 4.79 Å². The fourth-order valence-electron chi connectivity index (χ4n) is 2.06. The first-order valence-corrected chi connectivity index (χ1v) is 7.66. The monoisotopic (exact) mass is 314 g/mol. The van der Waals surface area contributed by atoms with Gasteiger partial charge in [0.25, 0.3) is 0 Å². The van der Waals surface area contributed by atoms with Gasteiger partial charge in [-0.3, -0.25) is 4.79 Å². The second-order valence-electron chi connectivity index (χ2n) is 5.08. The Bertz CT molecular complexity index is 636. The largest absolute Gasteiger partial charge is 0.273 e. The molecule has 0 aliphatic heterocycles. The topological polar surface area (TPSA) is 41.5 Å². The maximum absolute atomic E-state index is 11.8. The van der Waals surface area contributed by atoms with E-state index < -0.39 is 0 Å². The molecule has 0 aliphatic rings. The summed E-state index contributed by atoms with van der Waals surface area (Å²) in [5, 5.41) is 4.81. The van der Waals surface area contributed by atoms with Gasteiger partial charge >= 0.3 is 0 Å². The molecule has 0 aromatic heterocycles. The van der Waals surface area contributed by atoms with E-state index in [1.165, 1.54) is 5.56 Å². The number of amides is 1. The molecule has 0 fully saturated rings. The maximum Gasteiger partial charge on any atom is 0.240 e. The Morgan fingerprint density at radius 2 is 1.77 bits per heavy atom. The van der Waals surface area contributed by atoms with E-state index in [2.05, 4.69) is 22.7 Å². The summed E-state index contributed by atoms with van der Waals surface area (Å²) in [6, 6.07) is 17.5. The van der Waals surface area contributed by atoms with E-state index in [0.717, 1.165) is 24.1 Å². The predicted molar refractivity (Wildman–Crippen MR) is 91.2 cm³/mol. The van der Waals surface area contributed by atoms with Crippen LogP contribution in [-0.2, 0) is 11.2 Å². The molecule has 0 aliphatic carbocycles. The molecule has 2 aromatic rings. The van der Waals surface area contributed by atoms with Crippen molar-refractivity contribution in [2.24, 2.45) is 5.10 Å². The number of carbonyl (C=O) groups is 1. The van der Waals surface area contributed by atoms with Crippen LogP contribution >= 0.6 is 11.6 Å². The smallest absolute Gasteiger partial charge is 0.240 e. The van der Waals surface area contributed by atoms with Crippen LogP contribution in [0, 0.1) is 0 Å². The van der Waals surface area contributed by atoms with Crippen LogP contribution in [0.15, 0.2) is 59.7 Å². The molecule has 0 saturated carbocycles. The zero-order valence-corrected chi connectivity index (χ0v) is 13.3. The van der Waals surface area contributed by atoms with Gasteiger partial charge in [0.05, 0.1) is 5.71 Å². The Labute approximate surface area is 136 Å². The number of aryl methyl sites for hydroxylation is 1. The Kier molecular flexibility index (Phi) is 6.16. The normalized spacial score (nSPS) is 11.3. The highest BCUT2D eigenvalue weighted by Gasteiger charge is 2.02. The minimum Gasteiger partial charge on any atom is -0.273 e. The van der Waals surface area contributed by atoms with E-state index in [0.29, 0.717) is 11.4 Å². The van der Waals surface area contributed by atoms with E-state index in [9.17, 15) is 4.79 Å². The van der Waals surface area contributed by atoms with Gasteiger partial charge in [-0.1, -0.05) is 54.1 Å².